The van der Waals surface area contributed by atoms with Gasteiger partial charge in [-0.1, -0.05) is 12.1 Å². The molecule has 0 aliphatic rings. The average molecular weight is 281 g/mol. The van der Waals surface area contributed by atoms with Crippen LogP contribution in [0, 0.1) is 0 Å². The largest absolute Gasteiger partial charge is 0.508 e. The van der Waals surface area contributed by atoms with E-state index in [0.717, 1.165) is 12.1 Å². The van der Waals surface area contributed by atoms with Gasteiger partial charge in [-0.2, -0.15) is 13.2 Å². The molecule has 2 aromatic carbocycles. The number of hydrogen-bond donors (Lipinski definition) is 2. The average Bonchev–Trinajstić information content (AvgIpc) is 2.37. The van der Waals surface area contributed by atoms with Gasteiger partial charge in [-0.05, 0) is 30.3 Å². The van der Waals surface area contributed by atoms with E-state index < -0.39 is 17.5 Å². The number of phenols is 1. The third kappa shape index (κ3) is 2.74. The van der Waals surface area contributed by atoms with Crippen molar-refractivity contribution in [3.8, 4) is 5.75 Å². The van der Waals surface area contributed by atoms with Gasteiger partial charge < -0.3 is 10.8 Å². The monoisotopic (exact) mass is 281 g/mol. The Kier molecular flexibility index (Phi) is 3.40. The molecular formula is C14H10F3NO2. The number of aromatic hydroxyl groups is 1. The predicted molar refractivity (Wildman–Crippen MR) is 67.4 cm³/mol. The second-order valence-electron chi connectivity index (χ2n) is 4.18. The molecule has 0 fully saturated rings. The standard InChI is InChI=1S/C14H10F3NO2/c15-14(16,17)9-4-5-12(18)11(7-9)13(20)8-2-1-3-10(19)6-8/h1-7,19H,18H2. The molecule has 0 amide bonds. The summed E-state index contributed by atoms with van der Waals surface area (Å²) < 4.78 is 37.9. The van der Waals surface area contributed by atoms with Crippen LogP contribution >= 0.6 is 0 Å². The van der Waals surface area contributed by atoms with Crippen LogP contribution in [0.1, 0.15) is 21.5 Å². The maximum Gasteiger partial charge on any atom is 0.416 e. The van der Waals surface area contributed by atoms with Crippen LogP contribution in [0.2, 0.25) is 0 Å². The van der Waals surface area contributed by atoms with Gasteiger partial charge in [0.05, 0.1) is 5.56 Å². The van der Waals surface area contributed by atoms with Crippen LogP contribution in [0.15, 0.2) is 42.5 Å². The first-order valence-electron chi connectivity index (χ1n) is 5.59. The van der Waals surface area contributed by atoms with Gasteiger partial charge in [0.2, 0.25) is 0 Å². The molecule has 3 N–H and O–H groups in total. The summed E-state index contributed by atoms with van der Waals surface area (Å²) in [5.41, 5.74) is 4.38. The van der Waals surface area contributed by atoms with Crippen molar-refractivity contribution in [2.75, 3.05) is 5.73 Å². The van der Waals surface area contributed by atoms with Gasteiger partial charge in [-0.25, -0.2) is 0 Å². The second-order valence-corrected chi connectivity index (χ2v) is 4.18. The number of benzene rings is 2. The molecule has 0 saturated heterocycles. The number of halogens is 3. The maximum absolute atomic E-state index is 12.6. The Bertz CT molecular complexity index is 666. The van der Waals surface area contributed by atoms with E-state index in [1.54, 1.807) is 0 Å². The minimum Gasteiger partial charge on any atom is -0.508 e. The highest BCUT2D eigenvalue weighted by Crippen LogP contribution is 2.32. The summed E-state index contributed by atoms with van der Waals surface area (Å²) in [7, 11) is 0. The SMILES string of the molecule is Nc1ccc(C(F)(F)F)cc1C(=O)c1cccc(O)c1. The van der Waals surface area contributed by atoms with E-state index in [1.165, 1.54) is 24.3 Å². The Balaban J connectivity index is 2.49. The van der Waals surface area contributed by atoms with Crippen LogP contribution < -0.4 is 5.73 Å². The van der Waals surface area contributed by atoms with Crippen LogP contribution in [-0.4, -0.2) is 10.9 Å². The van der Waals surface area contributed by atoms with Crippen molar-refractivity contribution in [1.82, 2.24) is 0 Å². The molecule has 0 aliphatic heterocycles. The highest BCUT2D eigenvalue weighted by atomic mass is 19.4. The van der Waals surface area contributed by atoms with E-state index in [1.807, 2.05) is 0 Å². The minimum absolute atomic E-state index is 0.0497. The third-order valence-electron chi connectivity index (χ3n) is 2.73. The highest BCUT2D eigenvalue weighted by molar-refractivity contribution is 6.12. The Morgan fingerprint density at radius 2 is 1.80 bits per heavy atom. The van der Waals surface area contributed by atoms with Crippen molar-refractivity contribution in [3.05, 3.63) is 59.2 Å². The molecule has 0 spiro atoms. The molecule has 0 aromatic heterocycles. The Hall–Kier alpha value is -2.50. The van der Waals surface area contributed by atoms with E-state index in [-0.39, 0.29) is 22.6 Å². The van der Waals surface area contributed by atoms with Gasteiger partial charge in [-0.15, -0.1) is 0 Å². The van der Waals surface area contributed by atoms with Crippen molar-refractivity contribution >= 4 is 11.5 Å². The van der Waals surface area contributed by atoms with Crippen molar-refractivity contribution in [2.45, 2.75) is 6.18 Å². The summed E-state index contributed by atoms with van der Waals surface area (Å²) in [6, 6.07) is 7.90. The van der Waals surface area contributed by atoms with Gasteiger partial charge in [0, 0.05) is 16.8 Å². The number of alkyl halides is 3. The second kappa shape index (κ2) is 4.88. The fraction of sp³-hybridized carbons (Fsp3) is 0.0714. The maximum atomic E-state index is 12.6. The van der Waals surface area contributed by atoms with Crippen LogP contribution in [0.4, 0.5) is 18.9 Å². The lowest BCUT2D eigenvalue weighted by Crippen LogP contribution is -2.10. The van der Waals surface area contributed by atoms with Crippen LogP contribution in [-0.2, 0) is 6.18 Å². The number of nitrogen functional groups attached to an aromatic ring is 1. The van der Waals surface area contributed by atoms with E-state index >= 15 is 0 Å². The molecular weight excluding hydrogens is 271 g/mol. The smallest absolute Gasteiger partial charge is 0.416 e. The number of phenolic OH excluding ortho intramolecular Hbond substituents is 1. The predicted octanol–water partition coefficient (Wildman–Crippen LogP) is 3.22. The highest BCUT2D eigenvalue weighted by Gasteiger charge is 2.31. The molecule has 6 heteroatoms. The zero-order valence-corrected chi connectivity index (χ0v) is 10.1. The van der Waals surface area contributed by atoms with E-state index in [0.29, 0.717) is 6.07 Å². The van der Waals surface area contributed by atoms with E-state index in [2.05, 4.69) is 0 Å². The minimum atomic E-state index is -4.55. The summed E-state index contributed by atoms with van der Waals surface area (Å²) in [6.45, 7) is 0. The van der Waals surface area contributed by atoms with Gasteiger partial charge in [0.15, 0.2) is 5.78 Å². The van der Waals surface area contributed by atoms with Crippen molar-refractivity contribution in [1.29, 1.82) is 0 Å². The van der Waals surface area contributed by atoms with Gasteiger partial charge in [0.25, 0.3) is 0 Å². The van der Waals surface area contributed by atoms with Crippen molar-refractivity contribution < 1.29 is 23.1 Å². The number of hydrogen-bond acceptors (Lipinski definition) is 3. The first kappa shape index (κ1) is 13.9. The summed E-state index contributed by atoms with van der Waals surface area (Å²) in [4.78, 5) is 12.1. The summed E-state index contributed by atoms with van der Waals surface area (Å²) >= 11 is 0. The number of rotatable bonds is 2. The quantitative estimate of drug-likeness (QED) is 0.656. The third-order valence-corrected chi connectivity index (χ3v) is 2.73. The summed E-state index contributed by atoms with van der Waals surface area (Å²) in [5, 5.41) is 9.30. The molecule has 104 valence electrons. The lowest BCUT2D eigenvalue weighted by molar-refractivity contribution is -0.137. The molecule has 3 nitrogen and oxygen atoms in total. The zero-order chi connectivity index (χ0) is 14.9. The molecule has 0 unspecified atom stereocenters. The molecule has 0 radical (unpaired) electrons. The van der Waals surface area contributed by atoms with E-state index in [9.17, 15) is 23.1 Å². The first-order chi connectivity index (χ1) is 9.29. The van der Waals surface area contributed by atoms with Gasteiger partial charge >= 0.3 is 6.18 Å². The fourth-order valence-electron chi connectivity index (χ4n) is 1.73. The normalized spacial score (nSPS) is 11.3. The van der Waals surface area contributed by atoms with Crippen molar-refractivity contribution in [2.24, 2.45) is 0 Å². The summed E-state index contributed by atoms with van der Waals surface area (Å²) in [5.74, 6) is -0.828. The van der Waals surface area contributed by atoms with Crippen LogP contribution in [0.3, 0.4) is 0 Å². The van der Waals surface area contributed by atoms with Gasteiger partial charge in [0.1, 0.15) is 5.75 Å². The van der Waals surface area contributed by atoms with Crippen LogP contribution in [0.25, 0.3) is 0 Å². The molecule has 0 heterocycles. The van der Waals surface area contributed by atoms with Crippen LogP contribution in [0.5, 0.6) is 5.75 Å². The molecule has 0 saturated carbocycles. The Labute approximate surface area is 112 Å². The molecule has 2 rings (SSSR count). The molecule has 2 aromatic rings. The van der Waals surface area contributed by atoms with Gasteiger partial charge in [-0.3, -0.25) is 4.79 Å². The Morgan fingerprint density at radius 3 is 2.40 bits per heavy atom. The Morgan fingerprint density at radius 1 is 1.10 bits per heavy atom. The fourth-order valence-corrected chi connectivity index (χ4v) is 1.73. The molecule has 0 bridgehead atoms. The van der Waals surface area contributed by atoms with E-state index in [4.69, 9.17) is 5.73 Å². The first-order valence-corrected chi connectivity index (χ1v) is 5.59. The lowest BCUT2D eigenvalue weighted by Gasteiger charge is -2.10. The molecule has 0 atom stereocenters. The molecule has 20 heavy (non-hydrogen) atoms. The molecule has 0 aliphatic carbocycles. The number of anilines is 1. The lowest BCUT2D eigenvalue weighted by atomic mass is 9.99. The zero-order valence-electron chi connectivity index (χ0n) is 10.1. The number of nitrogens with two attached hydrogens (primary N) is 1. The van der Waals surface area contributed by atoms with Crippen molar-refractivity contribution in [3.63, 3.8) is 0 Å². The number of carbonyl (C=O) groups excluding carboxylic acids is 1. The number of carbonyl (C=O) groups is 1. The summed E-state index contributed by atoms with van der Waals surface area (Å²) in [6.07, 6.45) is -4.55. The topological polar surface area (TPSA) is 63.3 Å². The number of ketones is 1.